The van der Waals surface area contributed by atoms with Crippen LogP contribution in [0.4, 0.5) is 0 Å². The Hall–Kier alpha value is -3.02. The van der Waals surface area contributed by atoms with Gasteiger partial charge >= 0.3 is 0 Å². The van der Waals surface area contributed by atoms with E-state index in [4.69, 9.17) is 0 Å². The van der Waals surface area contributed by atoms with Crippen LogP contribution in [0, 0.1) is 0 Å². The largest absolute Gasteiger partial charge is 0.507 e. The molecular formula is C31H46N2O4. The molecule has 0 amide bonds. The standard InChI is InChI=1S/C31H46N2O4/c1-3-5-7-9-11-13-15-17-25-19-21-29(35)27(23-25)31(33-37)30(32-36)26-22-24(18-20-28(26)34)16-14-12-10-8-6-4-2/h18-23,34-37H,3-17H2,1-2H3. The topological polar surface area (TPSA) is 106 Å². The molecule has 0 bridgehead atoms. The van der Waals surface area contributed by atoms with Gasteiger partial charge in [-0.15, -0.1) is 0 Å². The van der Waals surface area contributed by atoms with E-state index in [-0.39, 0.29) is 34.0 Å². The van der Waals surface area contributed by atoms with Crippen LogP contribution >= 0.6 is 0 Å². The van der Waals surface area contributed by atoms with Gasteiger partial charge < -0.3 is 20.6 Å². The Morgan fingerprint density at radius 2 is 0.892 bits per heavy atom. The van der Waals surface area contributed by atoms with Gasteiger partial charge in [0.2, 0.25) is 0 Å². The van der Waals surface area contributed by atoms with Crippen molar-refractivity contribution in [3.05, 3.63) is 58.7 Å². The third-order valence-corrected chi connectivity index (χ3v) is 6.94. The van der Waals surface area contributed by atoms with Gasteiger partial charge in [0.05, 0.1) is 0 Å². The van der Waals surface area contributed by atoms with Gasteiger partial charge in [-0.25, -0.2) is 0 Å². The average Bonchev–Trinajstić information content (AvgIpc) is 2.91. The van der Waals surface area contributed by atoms with E-state index in [1.807, 2.05) is 12.1 Å². The molecule has 0 spiro atoms. The van der Waals surface area contributed by atoms with Crippen molar-refractivity contribution in [3.63, 3.8) is 0 Å². The van der Waals surface area contributed by atoms with E-state index in [1.54, 1.807) is 24.3 Å². The number of aromatic hydroxyl groups is 2. The van der Waals surface area contributed by atoms with Crippen molar-refractivity contribution in [3.8, 4) is 11.5 Å². The minimum Gasteiger partial charge on any atom is -0.507 e. The van der Waals surface area contributed by atoms with Crippen LogP contribution in [0.3, 0.4) is 0 Å². The van der Waals surface area contributed by atoms with Crippen molar-refractivity contribution >= 4 is 11.4 Å². The molecule has 2 aromatic rings. The fourth-order valence-electron chi connectivity index (χ4n) is 4.71. The molecular weight excluding hydrogens is 464 g/mol. The lowest BCUT2D eigenvalue weighted by atomic mass is 9.94. The monoisotopic (exact) mass is 510 g/mol. The third kappa shape index (κ3) is 10.1. The van der Waals surface area contributed by atoms with Crippen LogP contribution in [-0.2, 0) is 12.8 Å². The van der Waals surface area contributed by atoms with E-state index in [9.17, 15) is 20.6 Å². The first-order valence-electron chi connectivity index (χ1n) is 14.1. The molecule has 6 nitrogen and oxygen atoms in total. The SMILES string of the molecule is CCCCCCCCCc1ccc(O)c(C(=NO)C(=NO)c2cc(CCCCCCCC)ccc2O)c1. The second-order valence-corrected chi connectivity index (χ2v) is 9.99. The number of benzene rings is 2. The lowest BCUT2D eigenvalue weighted by molar-refractivity contribution is 0.314. The van der Waals surface area contributed by atoms with Crippen molar-refractivity contribution in [2.45, 2.75) is 110 Å². The molecule has 0 aliphatic carbocycles. The predicted molar refractivity (Wildman–Crippen MR) is 152 cm³/mol. The minimum absolute atomic E-state index is 0.0833. The molecule has 204 valence electrons. The molecule has 0 aromatic heterocycles. The predicted octanol–water partition coefficient (Wildman–Crippen LogP) is 8.35. The van der Waals surface area contributed by atoms with Crippen LogP contribution < -0.4 is 0 Å². The molecule has 0 heterocycles. The van der Waals surface area contributed by atoms with Gasteiger partial charge in [-0.1, -0.05) is 107 Å². The van der Waals surface area contributed by atoms with Crippen LogP contribution in [0.5, 0.6) is 11.5 Å². The first kappa shape index (κ1) is 30.2. The fourth-order valence-corrected chi connectivity index (χ4v) is 4.71. The lowest BCUT2D eigenvalue weighted by Gasteiger charge is -2.13. The van der Waals surface area contributed by atoms with Gasteiger partial charge in [-0.2, -0.15) is 0 Å². The van der Waals surface area contributed by atoms with E-state index >= 15 is 0 Å². The molecule has 0 saturated heterocycles. The van der Waals surface area contributed by atoms with E-state index < -0.39 is 0 Å². The number of hydrogen-bond donors (Lipinski definition) is 4. The maximum Gasteiger partial charge on any atom is 0.143 e. The van der Waals surface area contributed by atoms with Crippen molar-refractivity contribution in [2.24, 2.45) is 10.3 Å². The van der Waals surface area contributed by atoms with Crippen LogP contribution in [-0.4, -0.2) is 32.1 Å². The number of hydrogen-bond acceptors (Lipinski definition) is 6. The summed E-state index contributed by atoms with van der Waals surface area (Å²) in [7, 11) is 0. The molecule has 0 unspecified atom stereocenters. The number of nitrogens with zero attached hydrogens (tertiary/aromatic N) is 2. The maximum absolute atomic E-state index is 10.6. The molecule has 0 fully saturated rings. The summed E-state index contributed by atoms with van der Waals surface area (Å²) < 4.78 is 0. The van der Waals surface area contributed by atoms with Gasteiger partial charge in [0, 0.05) is 11.1 Å². The van der Waals surface area contributed by atoms with Gasteiger partial charge in [0.15, 0.2) is 0 Å². The smallest absolute Gasteiger partial charge is 0.143 e. The first-order chi connectivity index (χ1) is 18.0. The summed E-state index contributed by atoms with van der Waals surface area (Å²) in [5.74, 6) is -0.167. The molecule has 37 heavy (non-hydrogen) atoms. The molecule has 4 N–H and O–H groups in total. The Balaban J connectivity index is 2.12. The zero-order chi connectivity index (χ0) is 26.9. The second-order valence-electron chi connectivity index (χ2n) is 9.99. The minimum atomic E-state index is -0.0897. The highest BCUT2D eigenvalue weighted by Gasteiger charge is 2.22. The molecule has 0 aliphatic rings. The van der Waals surface area contributed by atoms with E-state index in [2.05, 4.69) is 24.2 Å². The molecule has 2 rings (SSSR count). The number of aryl methyl sites for hydroxylation is 2. The Morgan fingerprint density at radius 1 is 0.541 bits per heavy atom. The van der Waals surface area contributed by atoms with Crippen LogP contribution in [0.1, 0.15) is 120 Å². The van der Waals surface area contributed by atoms with E-state index in [0.29, 0.717) is 0 Å². The van der Waals surface area contributed by atoms with Gasteiger partial charge in [-0.3, -0.25) is 0 Å². The lowest BCUT2D eigenvalue weighted by Crippen LogP contribution is -2.18. The quantitative estimate of drug-likeness (QED) is 0.0699. The fraction of sp³-hybridized carbons (Fsp3) is 0.548. The Kier molecular flexibility index (Phi) is 14.2. The Morgan fingerprint density at radius 3 is 1.24 bits per heavy atom. The number of rotatable bonds is 18. The molecule has 0 radical (unpaired) electrons. The highest BCUT2D eigenvalue weighted by atomic mass is 16.4. The van der Waals surface area contributed by atoms with Crippen molar-refractivity contribution in [1.29, 1.82) is 0 Å². The van der Waals surface area contributed by atoms with Crippen LogP contribution in [0.2, 0.25) is 0 Å². The Bertz CT molecular complexity index is 1000. The number of phenols is 2. The molecule has 6 heteroatoms. The summed E-state index contributed by atoms with van der Waals surface area (Å²) >= 11 is 0. The van der Waals surface area contributed by atoms with Crippen molar-refractivity contribution in [1.82, 2.24) is 0 Å². The highest BCUT2D eigenvalue weighted by molar-refractivity contribution is 6.54. The second kappa shape index (κ2) is 17.4. The first-order valence-corrected chi connectivity index (χ1v) is 14.1. The summed E-state index contributed by atoms with van der Waals surface area (Å²) in [5, 5.41) is 47.6. The molecule has 0 aliphatic heterocycles. The maximum atomic E-state index is 10.6. The average molecular weight is 511 g/mol. The van der Waals surface area contributed by atoms with E-state index in [0.717, 1.165) is 49.7 Å². The van der Waals surface area contributed by atoms with Crippen molar-refractivity contribution < 1.29 is 20.6 Å². The summed E-state index contributed by atoms with van der Waals surface area (Å²) in [4.78, 5) is 0. The zero-order valence-corrected chi connectivity index (χ0v) is 22.8. The highest BCUT2D eigenvalue weighted by Crippen LogP contribution is 2.27. The molecule has 0 atom stereocenters. The van der Waals surface area contributed by atoms with Crippen LogP contribution in [0.15, 0.2) is 46.7 Å². The van der Waals surface area contributed by atoms with Crippen molar-refractivity contribution in [2.75, 3.05) is 0 Å². The Labute approximate surface area is 222 Å². The zero-order valence-electron chi connectivity index (χ0n) is 22.8. The molecule has 2 aromatic carbocycles. The summed E-state index contributed by atoms with van der Waals surface area (Å²) in [5.41, 5.74) is 2.34. The van der Waals surface area contributed by atoms with E-state index in [1.165, 1.54) is 57.8 Å². The third-order valence-electron chi connectivity index (χ3n) is 6.94. The molecule has 0 saturated carbocycles. The number of oxime groups is 2. The van der Waals surface area contributed by atoms with Gasteiger partial charge in [0.1, 0.15) is 22.9 Å². The summed E-state index contributed by atoms with van der Waals surface area (Å²) in [6.07, 6.45) is 17.2. The summed E-state index contributed by atoms with van der Waals surface area (Å²) in [6, 6.07) is 10.4. The number of unbranched alkanes of at least 4 members (excludes halogenated alkanes) is 11. The summed E-state index contributed by atoms with van der Waals surface area (Å²) in [6.45, 7) is 4.42. The van der Waals surface area contributed by atoms with Crippen LogP contribution in [0.25, 0.3) is 0 Å². The normalized spacial score (nSPS) is 12.3. The number of phenolic OH excluding ortho intramolecular Hbond substituents is 2. The van der Waals surface area contributed by atoms with Gasteiger partial charge in [-0.05, 0) is 61.1 Å². The van der Waals surface area contributed by atoms with Gasteiger partial charge in [0.25, 0.3) is 0 Å².